The Morgan fingerprint density at radius 1 is 1.08 bits per heavy atom. The summed E-state index contributed by atoms with van der Waals surface area (Å²) >= 11 is 5.23. The molecule has 0 aliphatic carbocycles. The van der Waals surface area contributed by atoms with E-state index < -0.39 is 0 Å². The topological polar surface area (TPSA) is 50.4 Å². The van der Waals surface area contributed by atoms with E-state index in [0.717, 1.165) is 24.3 Å². The number of thiocarbonyl (C=S) groups is 1. The minimum Gasteiger partial charge on any atom is -0.494 e. The zero-order chi connectivity index (χ0) is 18.9. The quantitative estimate of drug-likeness (QED) is 0.665. The van der Waals surface area contributed by atoms with E-state index in [2.05, 4.69) is 36.6 Å². The predicted molar refractivity (Wildman–Crippen MR) is 111 cm³/mol. The number of anilines is 1. The van der Waals surface area contributed by atoms with E-state index in [1.54, 1.807) is 24.3 Å². The van der Waals surface area contributed by atoms with Crippen molar-refractivity contribution in [2.45, 2.75) is 39.5 Å². The van der Waals surface area contributed by atoms with Crippen molar-refractivity contribution < 1.29 is 9.53 Å². The molecule has 2 rings (SSSR count). The zero-order valence-electron chi connectivity index (χ0n) is 15.5. The van der Waals surface area contributed by atoms with Crippen LogP contribution in [-0.2, 0) is 0 Å². The van der Waals surface area contributed by atoms with Crippen molar-refractivity contribution in [3.05, 3.63) is 59.7 Å². The fraction of sp³-hybridized carbons (Fsp3) is 0.333. The van der Waals surface area contributed by atoms with E-state index >= 15 is 0 Å². The number of hydrogen-bond donors (Lipinski definition) is 2. The molecule has 0 saturated heterocycles. The van der Waals surface area contributed by atoms with Gasteiger partial charge in [-0.15, -0.1) is 0 Å². The maximum absolute atomic E-state index is 12.3. The lowest BCUT2D eigenvalue weighted by atomic mass is 9.99. The van der Waals surface area contributed by atoms with Gasteiger partial charge in [-0.3, -0.25) is 10.1 Å². The Kier molecular flexibility index (Phi) is 7.60. The van der Waals surface area contributed by atoms with E-state index in [1.165, 1.54) is 5.56 Å². The fourth-order valence-corrected chi connectivity index (χ4v) is 2.60. The summed E-state index contributed by atoms with van der Waals surface area (Å²) in [7, 11) is 0. The Hall–Kier alpha value is -2.40. The van der Waals surface area contributed by atoms with Crippen molar-refractivity contribution in [3.63, 3.8) is 0 Å². The standard InChI is InChI=1S/C21H26N2O2S/c1-4-14-25-19-12-8-17(9-13-19)20(24)23-21(26)22-18-10-6-16(7-11-18)15(3)5-2/h6-13,15H,4-5,14H2,1-3H3,(H2,22,23,24,26)/t15-/m1/s1. The number of carbonyl (C=O) groups excluding carboxylic acids is 1. The number of rotatable bonds is 7. The molecule has 0 spiro atoms. The molecule has 2 N–H and O–H groups in total. The summed E-state index contributed by atoms with van der Waals surface area (Å²) in [4.78, 5) is 12.3. The fourth-order valence-electron chi connectivity index (χ4n) is 2.39. The van der Waals surface area contributed by atoms with Crippen LogP contribution in [0.2, 0.25) is 0 Å². The summed E-state index contributed by atoms with van der Waals surface area (Å²) in [5, 5.41) is 6.01. The second-order valence-electron chi connectivity index (χ2n) is 6.21. The van der Waals surface area contributed by atoms with Gasteiger partial charge in [0.15, 0.2) is 5.11 Å². The third kappa shape index (κ3) is 5.85. The Morgan fingerprint density at radius 3 is 2.31 bits per heavy atom. The van der Waals surface area contributed by atoms with Crippen LogP contribution in [0.5, 0.6) is 5.75 Å². The van der Waals surface area contributed by atoms with Gasteiger partial charge in [0.05, 0.1) is 6.61 Å². The van der Waals surface area contributed by atoms with Crippen molar-refractivity contribution in [1.29, 1.82) is 0 Å². The van der Waals surface area contributed by atoms with Crippen LogP contribution in [0.4, 0.5) is 5.69 Å². The van der Waals surface area contributed by atoms with Crippen molar-refractivity contribution in [2.24, 2.45) is 0 Å². The average Bonchev–Trinajstić information content (AvgIpc) is 2.66. The summed E-state index contributed by atoms with van der Waals surface area (Å²) in [6.07, 6.45) is 2.05. The van der Waals surface area contributed by atoms with E-state index in [9.17, 15) is 4.79 Å². The Morgan fingerprint density at radius 2 is 1.73 bits per heavy atom. The molecule has 0 aliphatic heterocycles. The molecule has 2 aromatic carbocycles. The predicted octanol–water partition coefficient (Wildman–Crippen LogP) is 5.12. The van der Waals surface area contributed by atoms with Crippen LogP contribution in [0.25, 0.3) is 0 Å². The van der Waals surface area contributed by atoms with Crippen LogP contribution in [0, 0.1) is 0 Å². The van der Waals surface area contributed by atoms with Gasteiger partial charge in [0.25, 0.3) is 5.91 Å². The smallest absolute Gasteiger partial charge is 0.257 e. The van der Waals surface area contributed by atoms with Gasteiger partial charge in [-0.25, -0.2) is 0 Å². The van der Waals surface area contributed by atoms with E-state index in [-0.39, 0.29) is 11.0 Å². The van der Waals surface area contributed by atoms with Crippen LogP contribution in [0.1, 0.15) is 55.5 Å². The largest absolute Gasteiger partial charge is 0.494 e. The third-order valence-electron chi connectivity index (χ3n) is 4.17. The SMILES string of the molecule is CCCOc1ccc(C(=O)NC(=S)Nc2ccc([C@H](C)CC)cc2)cc1. The molecular formula is C21H26N2O2S. The number of amides is 1. The van der Waals surface area contributed by atoms with E-state index in [4.69, 9.17) is 17.0 Å². The Balaban J connectivity index is 1.89. The molecule has 4 nitrogen and oxygen atoms in total. The number of hydrogen-bond acceptors (Lipinski definition) is 3. The molecule has 0 unspecified atom stereocenters. The van der Waals surface area contributed by atoms with Crippen LogP contribution < -0.4 is 15.4 Å². The van der Waals surface area contributed by atoms with Gasteiger partial charge in [0.1, 0.15) is 5.75 Å². The van der Waals surface area contributed by atoms with Gasteiger partial charge in [-0.2, -0.15) is 0 Å². The summed E-state index contributed by atoms with van der Waals surface area (Å²) in [5.74, 6) is 1.03. The number of ether oxygens (including phenoxy) is 1. The van der Waals surface area contributed by atoms with Gasteiger partial charge in [0, 0.05) is 11.3 Å². The molecule has 0 aliphatic rings. The maximum Gasteiger partial charge on any atom is 0.257 e. The number of carbonyl (C=O) groups is 1. The Bertz CT molecular complexity index is 727. The molecule has 0 bridgehead atoms. The van der Waals surface area contributed by atoms with E-state index in [1.807, 2.05) is 19.1 Å². The molecule has 1 atom stereocenters. The molecule has 0 radical (unpaired) electrons. The third-order valence-corrected chi connectivity index (χ3v) is 4.37. The van der Waals surface area contributed by atoms with Gasteiger partial charge in [-0.05, 0) is 72.9 Å². The van der Waals surface area contributed by atoms with Crippen molar-refractivity contribution >= 4 is 28.9 Å². The van der Waals surface area contributed by atoms with Crippen LogP contribution in [0.3, 0.4) is 0 Å². The highest BCUT2D eigenvalue weighted by molar-refractivity contribution is 7.80. The molecule has 0 heterocycles. The maximum atomic E-state index is 12.3. The molecule has 138 valence electrons. The first-order valence-electron chi connectivity index (χ1n) is 8.98. The van der Waals surface area contributed by atoms with Gasteiger partial charge < -0.3 is 10.1 Å². The molecule has 5 heteroatoms. The molecular weight excluding hydrogens is 344 g/mol. The highest BCUT2D eigenvalue weighted by atomic mass is 32.1. The van der Waals surface area contributed by atoms with E-state index in [0.29, 0.717) is 18.1 Å². The summed E-state index contributed by atoms with van der Waals surface area (Å²) in [6, 6.07) is 15.1. The first kappa shape index (κ1) is 19.9. The van der Waals surface area contributed by atoms with Crippen LogP contribution in [-0.4, -0.2) is 17.6 Å². The summed E-state index contributed by atoms with van der Waals surface area (Å²) in [6.45, 7) is 7.08. The number of benzene rings is 2. The normalized spacial score (nSPS) is 11.5. The van der Waals surface area contributed by atoms with Crippen molar-refractivity contribution in [2.75, 3.05) is 11.9 Å². The highest BCUT2D eigenvalue weighted by Crippen LogP contribution is 2.20. The lowest BCUT2D eigenvalue weighted by molar-refractivity contribution is 0.0977. The minimum absolute atomic E-state index is 0.249. The monoisotopic (exact) mass is 370 g/mol. The summed E-state index contributed by atoms with van der Waals surface area (Å²) < 4.78 is 5.51. The highest BCUT2D eigenvalue weighted by Gasteiger charge is 2.09. The molecule has 0 fully saturated rings. The molecule has 2 aromatic rings. The van der Waals surface area contributed by atoms with Gasteiger partial charge >= 0.3 is 0 Å². The second kappa shape index (κ2) is 9.92. The lowest BCUT2D eigenvalue weighted by Crippen LogP contribution is -2.34. The number of nitrogens with one attached hydrogen (secondary N) is 2. The zero-order valence-corrected chi connectivity index (χ0v) is 16.4. The first-order valence-corrected chi connectivity index (χ1v) is 9.39. The molecule has 0 saturated carbocycles. The van der Waals surface area contributed by atoms with Gasteiger partial charge in [0.2, 0.25) is 0 Å². The lowest BCUT2D eigenvalue weighted by Gasteiger charge is -2.12. The molecule has 1 amide bonds. The molecule has 26 heavy (non-hydrogen) atoms. The van der Waals surface area contributed by atoms with Gasteiger partial charge in [-0.1, -0.05) is 32.9 Å². The van der Waals surface area contributed by atoms with Crippen LogP contribution in [0.15, 0.2) is 48.5 Å². The van der Waals surface area contributed by atoms with Crippen LogP contribution >= 0.6 is 12.2 Å². The first-order chi connectivity index (χ1) is 12.5. The Labute approximate surface area is 161 Å². The minimum atomic E-state index is -0.249. The average molecular weight is 371 g/mol. The van der Waals surface area contributed by atoms with Crippen molar-refractivity contribution in [3.8, 4) is 5.75 Å². The summed E-state index contributed by atoms with van der Waals surface area (Å²) in [5.41, 5.74) is 2.68. The van der Waals surface area contributed by atoms with Crippen molar-refractivity contribution in [1.82, 2.24) is 5.32 Å². The molecule has 0 aromatic heterocycles. The second-order valence-corrected chi connectivity index (χ2v) is 6.62.